The van der Waals surface area contributed by atoms with Gasteiger partial charge in [0.2, 0.25) is 0 Å². The van der Waals surface area contributed by atoms with Crippen LogP contribution in [0.5, 0.6) is 0 Å². The molecule has 1 aliphatic rings. The summed E-state index contributed by atoms with van der Waals surface area (Å²) in [5.74, 6) is 0.559. The summed E-state index contributed by atoms with van der Waals surface area (Å²) >= 11 is 0. The van der Waals surface area contributed by atoms with Crippen molar-refractivity contribution in [3.63, 3.8) is 0 Å². The van der Waals surface area contributed by atoms with Gasteiger partial charge in [0.25, 0.3) is 0 Å². The van der Waals surface area contributed by atoms with Crippen molar-refractivity contribution >= 4 is 5.71 Å². The second-order valence-corrected chi connectivity index (χ2v) is 6.49. The highest BCUT2D eigenvalue weighted by atomic mass is 15.5. The molecule has 0 saturated heterocycles. The van der Waals surface area contributed by atoms with E-state index in [1.807, 2.05) is 6.07 Å². The lowest BCUT2D eigenvalue weighted by Gasteiger charge is -2.24. The highest BCUT2D eigenvalue weighted by Gasteiger charge is 2.27. The standard InChI is InChI=1S/C20H25N3/c1-15(2)17-8-10-18(11-9-17)20-12-19(13-21)22-23(20)14-16-6-4-3-5-7-16/h3-11,15,20H,12-14,21H2,1-2H3. The summed E-state index contributed by atoms with van der Waals surface area (Å²) in [6.07, 6.45) is 0.921. The SMILES string of the molecule is CC(C)c1ccc(C2CC(CN)=NN2Cc2ccccc2)cc1. The van der Waals surface area contributed by atoms with Crippen molar-refractivity contribution in [1.82, 2.24) is 5.01 Å². The Hall–Kier alpha value is -2.13. The van der Waals surface area contributed by atoms with E-state index >= 15 is 0 Å². The zero-order valence-electron chi connectivity index (χ0n) is 13.9. The van der Waals surface area contributed by atoms with Crippen molar-refractivity contribution < 1.29 is 0 Å². The predicted molar refractivity (Wildman–Crippen MR) is 96.4 cm³/mol. The molecule has 120 valence electrons. The van der Waals surface area contributed by atoms with Gasteiger partial charge in [0.1, 0.15) is 0 Å². The number of hydrogen-bond acceptors (Lipinski definition) is 3. The smallest absolute Gasteiger partial charge is 0.0777 e. The van der Waals surface area contributed by atoms with Gasteiger partial charge < -0.3 is 5.73 Å². The van der Waals surface area contributed by atoms with Crippen LogP contribution < -0.4 is 5.73 Å². The van der Waals surface area contributed by atoms with Crippen molar-refractivity contribution in [2.24, 2.45) is 10.8 Å². The Kier molecular flexibility index (Phi) is 4.77. The molecule has 0 bridgehead atoms. The fourth-order valence-electron chi connectivity index (χ4n) is 3.05. The normalized spacial score (nSPS) is 17.7. The fourth-order valence-corrected chi connectivity index (χ4v) is 3.05. The van der Waals surface area contributed by atoms with Gasteiger partial charge in [-0.3, -0.25) is 5.01 Å². The second kappa shape index (κ2) is 6.97. The first kappa shape index (κ1) is 15.8. The van der Waals surface area contributed by atoms with Gasteiger partial charge in [0.05, 0.1) is 18.3 Å². The maximum Gasteiger partial charge on any atom is 0.0777 e. The molecule has 0 saturated carbocycles. The van der Waals surface area contributed by atoms with Gasteiger partial charge in [0.15, 0.2) is 0 Å². The van der Waals surface area contributed by atoms with Crippen molar-refractivity contribution in [2.45, 2.75) is 38.8 Å². The Balaban J connectivity index is 1.82. The van der Waals surface area contributed by atoms with Crippen LogP contribution in [0, 0.1) is 0 Å². The molecule has 0 aliphatic carbocycles. The molecule has 2 aromatic carbocycles. The number of rotatable bonds is 5. The molecular weight excluding hydrogens is 282 g/mol. The van der Waals surface area contributed by atoms with E-state index in [1.54, 1.807) is 0 Å². The highest BCUT2D eigenvalue weighted by molar-refractivity contribution is 5.88. The molecule has 2 aromatic rings. The molecule has 1 unspecified atom stereocenters. The first-order chi connectivity index (χ1) is 11.2. The third-order valence-electron chi connectivity index (χ3n) is 4.47. The Bertz CT molecular complexity index is 659. The molecule has 1 aliphatic heterocycles. The maximum atomic E-state index is 5.84. The summed E-state index contributed by atoms with van der Waals surface area (Å²) in [6, 6.07) is 19.7. The predicted octanol–water partition coefficient (Wildman–Crippen LogP) is 4.07. The lowest BCUT2D eigenvalue weighted by Crippen LogP contribution is -2.19. The molecule has 0 spiro atoms. The molecule has 0 fully saturated rings. The fraction of sp³-hybridized carbons (Fsp3) is 0.350. The van der Waals surface area contributed by atoms with E-state index in [1.165, 1.54) is 16.7 Å². The lowest BCUT2D eigenvalue weighted by atomic mass is 9.97. The van der Waals surface area contributed by atoms with E-state index in [4.69, 9.17) is 10.8 Å². The van der Waals surface area contributed by atoms with Crippen LogP contribution in [0.25, 0.3) is 0 Å². The van der Waals surface area contributed by atoms with Gasteiger partial charge >= 0.3 is 0 Å². The van der Waals surface area contributed by atoms with Crippen molar-refractivity contribution in [3.05, 3.63) is 71.3 Å². The zero-order valence-corrected chi connectivity index (χ0v) is 13.9. The summed E-state index contributed by atoms with van der Waals surface area (Å²) in [7, 11) is 0. The molecule has 3 heteroatoms. The summed E-state index contributed by atoms with van der Waals surface area (Å²) in [6.45, 7) is 5.80. The van der Waals surface area contributed by atoms with E-state index in [9.17, 15) is 0 Å². The Morgan fingerprint density at radius 2 is 1.78 bits per heavy atom. The topological polar surface area (TPSA) is 41.6 Å². The van der Waals surface area contributed by atoms with Gasteiger partial charge in [0, 0.05) is 13.0 Å². The van der Waals surface area contributed by atoms with Crippen molar-refractivity contribution in [1.29, 1.82) is 0 Å². The molecule has 1 heterocycles. The molecule has 0 aromatic heterocycles. The lowest BCUT2D eigenvalue weighted by molar-refractivity contribution is 0.224. The summed E-state index contributed by atoms with van der Waals surface area (Å²) < 4.78 is 0. The number of nitrogens with two attached hydrogens (primary N) is 1. The number of hydrogen-bond donors (Lipinski definition) is 1. The van der Waals surface area contributed by atoms with Crippen LogP contribution >= 0.6 is 0 Å². The Morgan fingerprint density at radius 3 is 2.39 bits per heavy atom. The van der Waals surface area contributed by atoms with Crippen LogP contribution in [-0.2, 0) is 6.54 Å². The van der Waals surface area contributed by atoms with Crippen LogP contribution in [0.1, 0.15) is 48.9 Å². The third kappa shape index (κ3) is 3.62. The van der Waals surface area contributed by atoms with Gasteiger partial charge in [-0.2, -0.15) is 5.10 Å². The molecule has 1 atom stereocenters. The van der Waals surface area contributed by atoms with E-state index in [0.29, 0.717) is 12.5 Å². The summed E-state index contributed by atoms with van der Waals surface area (Å²) in [5, 5.41) is 6.92. The molecule has 3 nitrogen and oxygen atoms in total. The average Bonchev–Trinajstić information content (AvgIpc) is 2.99. The van der Waals surface area contributed by atoms with E-state index in [0.717, 1.165) is 18.7 Å². The number of benzene rings is 2. The molecule has 2 N–H and O–H groups in total. The minimum absolute atomic E-state index is 0.287. The van der Waals surface area contributed by atoms with Crippen LogP contribution in [0.3, 0.4) is 0 Å². The second-order valence-electron chi connectivity index (χ2n) is 6.49. The molecule has 0 radical (unpaired) electrons. The van der Waals surface area contributed by atoms with Gasteiger partial charge in [-0.05, 0) is 22.6 Å². The molecule has 23 heavy (non-hydrogen) atoms. The van der Waals surface area contributed by atoms with Crippen LogP contribution in [-0.4, -0.2) is 17.3 Å². The summed E-state index contributed by atoms with van der Waals surface area (Å²) in [5.41, 5.74) is 10.9. The quantitative estimate of drug-likeness (QED) is 0.904. The zero-order chi connectivity index (χ0) is 16.2. The van der Waals surface area contributed by atoms with Gasteiger partial charge in [-0.1, -0.05) is 68.4 Å². The van der Waals surface area contributed by atoms with E-state index < -0.39 is 0 Å². The van der Waals surface area contributed by atoms with Gasteiger partial charge in [-0.25, -0.2) is 0 Å². The highest BCUT2D eigenvalue weighted by Crippen LogP contribution is 2.32. The average molecular weight is 307 g/mol. The number of nitrogens with zero attached hydrogens (tertiary/aromatic N) is 2. The molecular formula is C20H25N3. The monoisotopic (exact) mass is 307 g/mol. The largest absolute Gasteiger partial charge is 0.325 e. The number of hydrazone groups is 1. The van der Waals surface area contributed by atoms with Crippen LogP contribution in [0.4, 0.5) is 0 Å². The minimum Gasteiger partial charge on any atom is -0.325 e. The van der Waals surface area contributed by atoms with E-state index in [2.05, 4.69) is 67.4 Å². The van der Waals surface area contributed by atoms with E-state index in [-0.39, 0.29) is 6.04 Å². The minimum atomic E-state index is 0.287. The van der Waals surface area contributed by atoms with Crippen LogP contribution in [0.2, 0.25) is 0 Å². The van der Waals surface area contributed by atoms with Crippen LogP contribution in [0.15, 0.2) is 59.7 Å². The summed E-state index contributed by atoms with van der Waals surface area (Å²) in [4.78, 5) is 0. The first-order valence-electron chi connectivity index (χ1n) is 8.34. The molecule has 3 rings (SSSR count). The maximum absolute atomic E-state index is 5.84. The Morgan fingerprint density at radius 1 is 1.09 bits per heavy atom. The van der Waals surface area contributed by atoms with Crippen molar-refractivity contribution in [2.75, 3.05) is 6.54 Å². The van der Waals surface area contributed by atoms with Crippen molar-refractivity contribution in [3.8, 4) is 0 Å². The van der Waals surface area contributed by atoms with Gasteiger partial charge in [-0.15, -0.1) is 0 Å². The molecule has 0 amide bonds. The first-order valence-corrected chi connectivity index (χ1v) is 8.34. The Labute approximate surface area is 138 Å². The third-order valence-corrected chi connectivity index (χ3v) is 4.47.